The lowest BCUT2D eigenvalue weighted by Gasteiger charge is -2.27. The molecule has 2 rings (SSSR count). The molecule has 0 saturated carbocycles. The number of aromatic nitrogens is 2. The molecule has 0 unspecified atom stereocenters. The van der Waals surface area contributed by atoms with Crippen LogP contribution in [0.2, 0.25) is 0 Å². The van der Waals surface area contributed by atoms with Gasteiger partial charge in [-0.3, -0.25) is 14.2 Å². The van der Waals surface area contributed by atoms with Gasteiger partial charge >= 0.3 is 0 Å². The van der Waals surface area contributed by atoms with Gasteiger partial charge in [0.2, 0.25) is 5.91 Å². The van der Waals surface area contributed by atoms with E-state index in [0.717, 1.165) is 10.4 Å². The summed E-state index contributed by atoms with van der Waals surface area (Å²) in [5, 5.41) is 13.3. The summed E-state index contributed by atoms with van der Waals surface area (Å²) >= 11 is 2.73. The van der Waals surface area contributed by atoms with Gasteiger partial charge < -0.3 is 5.32 Å². The lowest BCUT2D eigenvalue weighted by Crippen LogP contribution is -2.49. The zero-order chi connectivity index (χ0) is 20.5. The minimum absolute atomic E-state index is 0.0168. The summed E-state index contributed by atoms with van der Waals surface area (Å²) in [4.78, 5) is 31.8. The van der Waals surface area contributed by atoms with Gasteiger partial charge in [-0.2, -0.15) is 5.26 Å². The highest BCUT2D eigenvalue weighted by Crippen LogP contribution is 2.29. The topological polar surface area (TPSA) is 87.8 Å². The maximum absolute atomic E-state index is 13.0. The number of carbonyl (C=O) groups excluding carboxylic acids is 1. The van der Waals surface area contributed by atoms with E-state index in [0.29, 0.717) is 15.4 Å². The number of fused-ring (bicyclic) bond motifs is 1. The Bertz CT molecular complexity index is 969. The van der Waals surface area contributed by atoms with E-state index in [2.05, 4.69) is 16.4 Å². The van der Waals surface area contributed by atoms with Gasteiger partial charge in [0.25, 0.3) is 5.56 Å². The molecule has 2 aromatic rings. The Hall–Kier alpha value is -1.85. The minimum Gasteiger partial charge on any atom is -0.337 e. The maximum atomic E-state index is 13.0. The van der Waals surface area contributed by atoms with Gasteiger partial charge in [0.05, 0.1) is 17.2 Å². The molecular weight excluding hydrogens is 380 g/mol. The van der Waals surface area contributed by atoms with Crippen molar-refractivity contribution in [1.29, 1.82) is 5.26 Å². The third kappa shape index (κ3) is 4.19. The van der Waals surface area contributed by atoms with Crippen LogP contribution in [-0.2, 0) is 4.79 Å². The fourth-order valence-corrected chi connectivity index (χ4v) is 4.60. The third-order valence-corrected chi connectivity index (χ3v) is 6.89. The lowest BCUT2D eigenvalue weighted by atomic mass is 9.90. The minimum atomic E-state index is -0.922. The van der Waals surface area contributed by atoms with E-state index in [1.54, 1.807) is 11.5 Å². The first-order valence-corrected chi connectivity index (χ1v) is 10.7. The molecule has 0 radical (unpaired) electrons. The van der Waals surface area contributed by atoms with E-state index in [9.17, 15) is 14.9 Å². The van der Waals surface area contributed by atoms with E-state index in [4.69, 9.17) is 0 Å². The van der Waals surface area contributed by atoms with Crippen LogP contribution < -0.4 is 10.9 Å². The summed E-state index contributed by atoms with van der Waals surface area (Å²) < 4.78 is 1.64. The highest BCUT2D eigenvalue weighted by Gasteiger charge is 2.30. The maximum Gasteiger partial charge on any atom is 0.263 e. The summed E-state index contributed by atoms with van der Waals surface area (Å²) in [5.74, 6) is -0.171. The van der Waals surface area contributed by atoms with E-state index in [1.165, 1.54) is 23.1 Å². The monoisotopic (exact) mass is 406 g/mol. The van der Waals surface area contributed by atoms with Crippen molar-refractivity contribution in [2.75, 3.05) is 5.75 Å². The molecule has 1 N–H and O–H groups in total. The summed E-state index contributed by atoms with van der Waals surface area (Å²) in [7, 11) is 0. The number of thiophene rings is 1. The van der Waals surface area contributed by atoms with Crippen LogP contribution in [0, 0.1) is 31.1 Å². The number of hydrogen-bond donors (Lipinski definition) is 1. The molecule has 0 aromatic carbocycles. The number of carbonyl (C=O) groups is 1. The van der Waals surface area contributed by atoms with Crippen LogP contribution in [0.25, 0.3) is 10.2 Å². The second-order valence-electron chi connectivity index (χ2n) is 7.43. The Labute approximate surface area is 168 Å². The number of aryl methyl sites for hydroxylation is 2. The second-order valence-corrected chi connectivity index (χ2v) is 9.58. The zero-order valence-electron chi connectivity index (χ0n) is 16.8. The normalized spacial score (nSPS) is 13.8. The summed E-state index contributed by atoms with van der Waals surface area (Å²) in [5.41, 5.74) is -0.0175. The molecule has 0 saturated heterocycles. The molecule has 1 atom stereocenters. The smallest absolute Gasteiger partial charge is 0.263 e. The van der Waals surface area contributed by atoms with Crippen LogP contribution in [0.5, 0.6) is 0 Å². The third-order valence-electron chi connectivity index (χ3n) is 4.84. The average Bonchev–Trinajstić information content (AvgIpc) is 2.86. The Balaban J connectivity index is 2.34. The van der Waals surface area contributed by atoms with Crippen molar-refractivity contribution in [2.24, 2.45) is 5.92 Å². The quantitative estimate of drug-likeness (QED) is 0.582. The van der Waals surface area contributed by atoms with Crippen LogP contribution in [-0.4, -0.2) is 26.8 Å². The largest absolute Gasteiger partial charge is 0.337 e. The molecule has 27 heavy (non-hydrogen) atoms. The highest BCUT2D eigenvalue weighted by molar-refractivity contribution is 7.99. The Kier molecular flexibility index (Phi) is 6.38. The van der Waals surface area contributed by atoms with Gasteiger partial charge in [-0.15, -0.1) is 11.3 Å². The molecule has 8 heteroatoms. The van der Waals surface area contributed by atoms with Crippen molar-refractivity contribution in [3.05, 3.63) is 20.8 Å². The predicted octanol–water partition coefficient (Wildman–Crippen LogP) is 3.80. The lowest BCUT2D eigenvalue weighted by molar-refractivity contribution is -0.120. The van der Waals surface area contributed by atoms with Crippen LogP contribution in [0.15, 0.2) is 9.95 Å². The number of nitrogens with one attached hydrogen (secondary N) is 1. The van der Waals surface area contributed by atoms with E-state index >= 15 is 0 Å². The molecule has 0 spiro atoms. The van der Waals surface area contributed by atoms with Gasteiger partial charge in [0.15, 0.2) is 5.16 Å². The molecule has 6 nitrogen and oxygen atoms in total. The van der Waals surface area contributed by atoms with Crippen LogP contribution in [0.4, 0.5) is 0 Å². The number of rotatable bonds is 6. The van der Waals surface area contributed by atoms with Crippen molar-refractivity contribution in [1.82, 2.24) is 14.9 Å². The number of nitrogens with zero attached hydrogens (tertiary/aromatic N) is 3. The van der Waals surface area contributed by atoms with Crippen LogP contribution in [0.1, 0.15) is 51.1 Å². The number of amides is 1. The molecule has 0 aliphatic rings. The summed E-state index contributed by atoms with van der Waals surface area (Å²) in [6, 6.07) is 2.10. The molecule has 0 bridgehead atoms. The van der Waals surface area contributed by atoms with Crippen molar-refractivity contribution in [2.45, 2.75) is 65.2 Å². The molecule has 146 valence electrons. The molecule has 2 aromatic heterocycles. The Morgan fingerprint density at radius 1 is 1.37 bits per heavy atom. The molecule has 2 heterocycles. The van der Waals surface area contributed by atoms with Crippen molar-refractivity contribution in [3.8, 4) is 6.07 Å². The Morgan fingerprint density at radius 3 is 2.52 bits per heavy atom. The zero-order valence-corrected chi connectivity index (χ0v) is 18.5. The second kappa shape index (κ2) is 8.03. The van der Waals surface area contributed by atoms with E-state index in [1.807, 2.05) is 41.5 Å². The van der Waals surface area contributed by atoms with Gasteiger partial charge in [-0.1, -0.05) is 25.6 Å². The average molecular weight is 407 g/mol. The van der Waals surface area contributed by atoms with Gasteiger partial charge in [0, 0.05) is 10.9 Å². The molecule has 0 fully saturated rings. The predicted molar refractivity (Wildman–Crippen MR) is 111 cm³/mol. The molecule has 0 aliphatic heterocycles. The molecule has 1 amide bonds. The summed E-state index contributed by atoms with van der Waals surface area (Å²) in [6.07, 6.45) is 0. The fraction of sp³-hybridized carbons (Fsp3) is 0.579. The highest BCUT2D eigenvalue weighted by atomic mass is 32.2. The Morgan fingerprint density at radius 2 is 2.00 bits per heavy atom. The van der Waals surface area contributed by atoms with Gasteiger partial charge in [-0.25, -0.2) is 4.98 Å². The van der Waals surface area contributed by atoms with E-state index < -0.39 is 5.54 Å². The van der Waals surface area contributed by atoms with E-state index in [-0.39, 0.29) is 29.2 Å². The fourth-order valence-electron chi connectivity index (χ4n) is 2.60. The van der Waals surface area contributed by atoms with Crippen molar-refractivity contribution < 1.29 is 4.79 Å². The SMILES string of the molecule is Cc1sc2nc(SCC(=O)N[C@@](C)(C#N)C(C)C)n(C(C)C)c(=O)c2c1C. The first kappa shape index (κ1) is 21.5. The number of thioether (sulfide) groups is 1. The molecule has 0 aliphatic carbocycles. The van der Waals surface area contributed by atoms with Gasteiger partial charge in [-0.05, 0) is 46.1 Å². The van der Waals surface area contributed by atoms with Crippen molar-refractivity contribution >= 4 is 39.2 Å². The van der Waals surface area contributed by atoms with Crippen LogP contribution >= 0.6 is 23.1 Å². The number of nitriles is 1. The van der Waals surface area contributed by atoms with Crippen molar-refractivity contribution in [3.63, 3.8) is 0 Å². The van der Waals surface area contributed by atoms with Gasteiger partial charge in [0.1, 0.15) is 10.4 Å². The number of hydrogen-bond acceptors (Lipinski definition) is 6. The summed E-state index contributed by atoms with van der Waals surface area (Å²) in [6.45, 7) is 13.3. The standard InChI is InChI=1S/C19H26N4O2S2/c1-10(2)19(7,9-20)22-14(24)8-26-18-21-16-15(12(5)13(6)27-16)17(25)23(18)11(3)4/h10-11H,8H2,1-7H3,(H,22,24)/t19-/m0/s1. The molecular formula is C19H26N4O2S2. The first-order chi connectivity index (χ1) is 12.5. The first-order valence-electron chi connectivity index (χ1n) is 8.89. The van der Waals surface area contributed by atoms with Crippen LogP contribution in [0.3, 0.4) is 0 Å².